The molecule has 0 aliphatic carbocycles. The Hall–Kier alpha value is -2.38. The fraction of sp³-hybridized carbons (Fsp3) is 0.500. The van der Waals surface area contributed by atoms with Crippen LogP contribution in [-0.4, -0.2) is 67.5 Å². The number of hydrogen-bond acceptors (Lipinski definition) is 10. The molecule has 1 fully saturated rings. The Bertz CT molecular complexity index is 640. The standard InChI is InChI=1S/C12H15N3O9/c16-9-8(24-12(19)11(18)10(9)17)4-13-6-2-1-5(14(20)21)3-7(6)15(22)23/h1-3,8-13,16-19H,4H2/t8-,9-,10+,11-,12-/m1/s1. The van der Waals surface area contributed by atoms with Crippen LogP contribution < -0.4 is 5.32 Å². The van der Waals surface area contributed by atoms with Crippen molar-refractivity contribution in [3.63, 3.8) is 0 Å². The van der Waals surface area contributed by atoms with Crippen LogP contribution in [0, 0.1) is 20.2 Å². The summed E-state index contributed by atoms with van der Waals surface area (Å²) in [5, 5.41) is 62.4. The Morgan fingerprint density at radius 1 is 1.04 bits per heavy atom. The van der Waals surface area contributed by atoms with Crippen molar-refractivity contribution in [2.75, 3.05) is 11.9 Å². The van der Waals surface area contributed by atoms with E-state index in [1.165, 1.54) is 0 Å². The minimum atomic E-state index is -1.73. The summed E-state index contributed by atoms with van der Waals surface area (Å²) in [6.07, 6.45) is -7.80. The highest BCUT2D eigenvalue weighted by Crippen LogP contribution is 2.29. The minimum absolute atomic E-state index is 0.0727. The van der Waals surface area contributed by atoms with E-state index in [2.05, 4.69) is 5.32 Å². The highest BCUT2D eigenvalue weighted by molar-refractivity contribution is 5.65. The van der Waals surface area contributed by atoms with Crippen LogP contribution in [0.5, 0.6) is 0 Å². The summed E-state index contributed by atoms with van der Waals surface area (Å²) in [5.41, 5.74) is -1.10. The number of anilines is 1. The molecule has 0 aromatic heterocycles. The maximum atomic E-state index is 11.0. The van der Waals surface area contributed by atoms with Gasteiger partial charge in [0.1, 0.15) is 30.1 Å². The predicted molar refractivity (Wildman–Crippen MR) is 77.1 cm³/mol. The van der Waals surface area contributed by atoms with Gasteiger partial charge in [0.15, 0.2) is 6.29 Å². The van der Waals surface area contributed by atoms with E-state index >= 15 is 0 Å². The van der Waals surface area contributed by atoms with Crippen LogP contribution >= 0.6 is 0 Å². The van der Waals surface area contributed by atoms with Crippen molar-refractivity contribution < 1.29 is 35.0 Å². The lowest BCUT2D eigenvalue weighted by atomic mass is 9.99. The molecule has 12 nitrogen and oxygen atoms in total. The van der Waals surface area contributed by atoms with Crippen molar-refractivity contribution in [2.24, 2.45) is 0 Å². The zero-order valence-electron chi connectivity index (χ0n) is 12.1. The van der Waals surface area contributed by atoms with Gasteiger partial charge < -0.3 is 30.5 Å². The van der Waals surface area contributed by atoms with Gasteiger partial charge >= 0.3 is 0 Å². The molecule has 1 aliphatic rings. The van der Waals surface area contributed by atoms with E-state index in [1.54, 1.807) is 0 Å². The second-order valence-electron chi connectivity index (χ2n) is 5.13. The molecule has 12 heteroatoms. The van der Waals surface area contributed by atoms with E-state index < -0.39 is 51.9 Å². The SMILES string of the molecule is O=[N+]([O-])c1ccc(NC[C@H]2O[C@@H](O)[C@H](O)[C@@H](O)[C@@H]2O)c([N+](=O)[O-])c1. The molecular formula is C12H15N3O9. The largest absolute Gasteiger partial charge is 0.388 e. The van der Waals surface area contributed by atoms with Gasteiger partial charge in [-0.15, -0.1) is 0 Å². The molecule has 1 heterocycles. The fourth-order valence-electron chi connectivity index (χ4n) is 2.24. The summed E-state index contributed by atoms with van der Waals surface area (Å²) in [7, 11) is 0. The van der Waals surface area contributed by atoms with Gasteiger partial charge in [-0.1, -0.05) is 0 Å². The van der Waals surface area contributed by atoms with Crippen LogP contribution in [0.4, 0.5) is 17.1 Å². The minimum Gasteiger partial charge on any atom is -0.388 e. The van der Waals surface area contributed by atoms with Gasteiger partial charge in [-0.2, -0.15) is 0 Å². The lowest BCUT2D eigenvalue weighted by molar-refractivity contribution is -0.393. The van der Waals surface area contributed by atoms with Crippen molar-refractivity contribution in [1.29, 1.82) is 0 Å². The maximum absolute atomic E-state index is 11.0. The van der Waals surface area contributed by atoms with Crippen LogP contribution in [0.1, 0.15) is 0 Å². The van der Waals surface area contributed by atoms with Gasteiger partial charge in [0.05, 0.1) is 15.9 Å². The molecule has 24 heavy (non-hydrogen) atoms. The van der Waals surface area contributed by atoms with Gasteiger partial charge in [-0.25, -0.2) is 0 Å². The predicted octanol–water partition coefficient (Wildman–Crippen LogP) is -1.29. The second kappa shape index (κ2) is 7.02. The van der Waals surface area contributed by atoms with E-state index in [4.69, 9.17) is 4.74 Å². The van der Waals surface area contributed by atoms with E-state index in [1.807, 2.05) is 0 Å². The highest BCUT2D eigenvalue weighted by Gasteiger charge is 2.42. The molecule has 1 saturated heterocycles. The van der Waals surface area contributed by atoms with E-state index in [0.717, 1.165) is 18.2 Å². The Morgan fingerprint density at radius 3 is 2.29 bits per heavy atom. The molecule has 1 aromatic carbocycles. The van der Waals surface area contributed by atoms with Gasteiger partial charge in [-0.05, 0) is 6.07 Å². The first-order valence-corrected chi connectivity index (χ1v) is 6.76. The smallest absolute Gasteiger partial charge is 0.299 e. The van der Waals surface area contributed by atoms with E-state index in [0.29, 0.717) is 0 Å². The first kappa shape index (κ1) is 18.0. The molecule has 0 radical (unpaired) electrons. The number of nitro groups is 2. The summed E-state index contributed by atoms with van der Waals surface area (Å²) in [6, 6.07) is 2.95. The number of nitrogens with one attached hydrogen (secondary N) is 1. The number of nitro benzene ring substituents is 2. The molecule has 5 N–H and O–H groups in total. The number of rotatable bonds is 5. The summed E-state index contributed by atoms with van der Waals surface area (Å²) >= 11 is 0. The molecule has 1 aliphatic heterocycles. The Labute approximate surface area is 134 Å². The van der Waals surface area contributed by atoms with Crippen molar-refractivity contribution in [3.8, 4) is 0 Å². The van der Waals surface area contributed by atoms with Crippen LogP contribution in [0.2, 0.25) is 0 Å². The molecule has 0 unspecified atom stereocenters. The molecule has 0 bridgehead atoms. The van der Waals surface area contributed by atoms with E-state index in [-0.39, 0.29) is 12.2 Å². The molecule has 0 amide bonds. The molecule has 2 rings (SSSR count). The molecule has 132 valence electrons. The Morgan fingerprint density at radius 2 is 1.71 bits per heavy atom. The van der Waals surface area contributed by atoms with Gasteiger partial charge in [-0.3, -0.25) is 20.2 Å². The molecule has 0 saturated carbocycles. The molecular weight excluding hydrogens is 330 g/mol. The number of hydrogen-bond donors (Lipinski definition) is 5. The van der Waals surface area contributed by atoms with Crippen LogP contribution in [-0.2, 0) is 4.74 Å². The zero-order chi connectivity index (χ0) is 18.0. The van der Waals surface area contributed by atoms with Crippen molar-refractivity contribution >= 4 is 17.1 Å². The second-order valence-corrected chi connectivity index (χ2v) is 5.13. The average Bonchev–Trinajstić information content (AvgIpc) is 2.54. The number of benzene rings is 1. The molecule has 1 aromatic rings. The lowest BCUT2D eigenvalue weighted by Crippen LogP contribution is -2.59. The van der Waals surface area contributed by atoms with Crippen molar-refractivity contribution in [3.05, 3.63) is 38.4 Å². The third-order valence-electron chi connectivity index (χ3n) is 3.57. The topological polar surface area (TPSA) is 188 Å². The summed E-state index contributed by atoms with van der Waals surface area (Å²) in [4.78, 5) is 20.1. The maximum Gasteiger partial charge on any atom is 0.299 e. The van der Waals surface area contributed by atoms with Gasteiger partial charge in [0.2, 0.25) is 0 Å². The number of aliphatic hydroxyl groups is 4. The molecule has 0 spiro atoms. The summed E-state index contributed by atoms with van der Waals surface area (Å²) in [5.74, 6) is 0. The van der Waals surface area contributed by atoms with Crippen LogP contribution in [0.15, 0.2) is 18.2 Å². The van der Waals surface area contributed by atoms with Crippen LogP contribution in [0.3, 0.4) is 0 Å². The lowest BCUT2D eigenvalue weighted by Gasteiger charge is -2.38. The van der Waals surface area contributed by atoms with Gasteiger partial charge in [0, 0.05) is 12.6 Å². The number of ether oxygens (including phenoxy) is 1. The summed E-state index contributed by atoms with van der Waals surface area (Å²) < 4.78 is 4.92. The third kappa shape index (κ3) is 3.58. The fourth-order valence-corrected chi connectivity index (χ4v) is 2.24. The van der Waals surface area contributed by atoms with Gasteiger partial charge in [0.25, 0.3) is 11.4 Å². The van der Waals surface area contributed by atoms with E-state index in [9.17, 15) is 40.7 Å². The summed E-state index contributed by atoms with van der Waals surface area (Å²) in [6.45, 7) is -0.263. The van der Waals surface area contributed by atoms with Crippen molar-refractivity contribution in [1.82, 2.24) is 0 Å². The zero-order valence-corrected chi connectivity index (χ0v) is 12.1. The first-order chi connectivity index (χ1) is 11.2. The monoisotopic (exact) mass is 345 g/mol. The van der Waals surface area contributed by atoms with Crippen molar-refractivity contribution in [2.45, 2.75) is 30.7 Å². The number of nitrogens with zero attached hydrogens (tertiary/aromatic N) is 2. The molecule has 5 atom stereocenters. The number of aliphatic hydroxyl groups excluding tert-OH is 4. The quantitative estimate of drug-likeness (QED) is 0.317. The number of non-ortho nitro benzene ring substituents is 1. The highest BCUT2D eigenvalue weighted by atomic mass is 16.6. The van der Waals surface area contributed by atoms with Crippen LogP contribution in [0.25, 0.3) is 0 Å². The average molecular weight is 345 g/mol. The first-order valence-electron chi connectivity index (χ1n) is 6.76. The Kier molecular flexibility index (Phi) is 5.26. The Balaban J connectivity index is 2.14. The normalized spacial score (nSPS) is 29.9. The third-order valence-corrected chi connectivity index (χ3v) is 3.57.